The summed E-state index contributed by atoms with van der Waals surface area (Å²) in [6.45, 7) is 3.52. The third-order valence-corrected chi connectivity index (χ3v) is 3.82. The Morgan fingerprint density at radius 1 is 1.33 bits per heavy atom. The third kappa shape index (κ3) is 2.41. The molecule has 1 unspecified atom stereocenters. The summed E-state index contributed by atoms with van der Waals surface area (Å²) in [5.74, 6) is 4.44. The second kappa shape index (κ2) is 4.29. The number of likely N-dealkylation sites (tertiary alicyclic amines) is 1. The standard InChI is InChI=1S/C11H19F3N4/c1-10(2)8(11(12,13)14)5-6-18(10)9(17-15)16-7-3-4-7/h7-8H,3-6,15H2,1-2H3,(H,16,17). The van der Waals surface area contributed by atoms with Gasteiger partial charge in [0.2, 0.25) is 5.96 Å². The SMILES string of the molecule is CC1(C)C(C(F)(F)F)CCN1C(=NC1CC1)NN. The van der Waals surface area contributed by atoms with E-state index in [1.165, 1.54) is 0 Å². The molecule has 0 aromatic rings. The van der Waals surface area contributed by atoms with E-state index in [9.17, 15) is 13.2 Å². The number of nitrogens with zero attached hydrogens (tertiary/aromatic N) is 2. The number of aliphatic imine (C=N–C) groups is 1. The van der Waals surface area contributed by atoms with Crippen molar-refractivity contribution in [3.8, 4) is 0 Å². The lowest BCUT2D eigenvalue weighted by molar-refractivity contribution is -0.189. The highest BCUT2D eigenvalue weighted by Gasteiger charge is 2.55. The average Bonchev–Trinajstić information content (AvgIpc) is 2.97. The molecule has 18 heavy (non-hydrogen) atoms. The molecule has 0 aromatic carbocycles. The number of guanidine groups is 1. The summed E-state index contributed by atoms with van der Waals surface area (Å²) in [4.78, 5) is 5.98. The lowest BCUT2D eigenvalue weighted by Crippen LogP contribution is -2.55. The van der Waals surface area contributed by atoms with Crippen molar-refractivity contribution in [1.29, 1.82) is 0 Å². The third-order valence-electron chi connectivity index (χ3n) is 3.82. The number of nitrogens with one attached hydrogen (secondary N) is 1. The van der Waals surface area contributed by atoms with Crippen LogP contribution >= 0.6 is 0 Å². The monoisotopic (exact) mass is 264 g/mol. The normalized spacial score (nSPS) is 28.7. The number of hydrogen-bond acceptors (Lipinski definition) is 2. The summed E-state index contributed by atoms with van der Waals surface area (Å²) in [5, 5.41) is 0. The Kier molecular flexibility index (Phi) is 3.21. The van der Waals surface area contributed by atoms with Gasteiger partial charge in [0, 0.05) is 12.1 Å². The number of nitrogens with two attached hydrogens (primary N) is 1. The van der Waals surface area contributed by atoms with E-state index in [1.54, 1.807) is 18.7 Å². The molecule has 104 valence electrons. The number of halogens is 3. The van der Waals surface area contributed by atoms with Gasteiger partial charge in [-0.15, -0.1) is 0 Å². The zero-order chi connectivity index (χ0) is 13.6. The maximum absolute atomic E-state index is 13.0. The smallest absolute Gasteiger partial charge is 0.336 e. The van der Waals surface area contributed by atoms with E-state index in [4.69, 9.17) is 5.84 Å². The second-order valence-electron chi connectivity index (χ2n) is 5.52. The van der Waals surface area contributed by atoms with Gasteiger partial charge in [0.25, 0.3) is 0 Å². The molecule has 1 atom stereocenters. The summed E-state index contributed by atoms with van der Waals surface area (Å²) in [6.07, 6.45) is -2.12. The Morgan fingerprint density at radius 3 is 2.33 bits per heavy atom. The van der Waals surface area contributed by atoms with Gasteiger partial charge >= 0.3 is 6.18 Å². The molecular weight excluding hydrogens is 245 g/mol. The van der Waals surface area contributed by atoms with Crippen molar-refractivity contribution in [2.75, 3.05) is 6.54 Å². The molecule has 0 radical (unpaired) electrons. The Hall–Kier alpha value is -0.980. The average molecular weight is 264 g/mol. The molecule has 0 aromatic heterocycles. The first-order valence-electron chi connectivity index (χ1n) is 6.15. The Morgan fingerprint density at radius 2 is 1.94 bits per heavy atom. The van der Waals surface area contributed by atoms with Gasteiger partial charge in [0.05, 0.1) is 12.0 Å². The van der Waals surface area contributed by atoms with Gasteiger partial charge in [-0.1, -0.05) is 0 Å². The molecule has 0 spiro atoms. The molecule has 7 heteroatoms. The molecule has 0 bridgehead atoms. The predicted octanol–water partition coefficient (Wildman–Crippen LogP) is 1.63. The van der Waals surface area contributed by atoms with Crippen LogP contribution in [0.2, 0.25) is 0 Å². The van der Waals surface area contributed by atoms with Crippen molar-refractivity contribution in [3.05, 3.63) is 0 Å². The van der Waals surface area contributed by atoms with Crippen molar-refractivity contribution in [2.24, 2.45) is 16.8 Å². The van der Waals surface area contributed by atoms with Crippen LogP contribution in [0.4, 0.5) is 13.2 Å². The van der Waals surface area contributed by atoms with Crippen molar-refractivity contribution in [1.82, 2.24) is 10.3 Å². The van der Waals surface area contributed by atoms with Crippen LogP contribution in [0, 0.1) is 5.92 Å². The molecule has 2 rings (SSSR count). The summed E-state index contributed by atoms with van der Waals surface area (Å²) < 4.78 is 38.9. The van der Waals surface area contributed by atoms with Gasteiger partial charge in [-0.3, -0.25) is 5.43 Å². The van der Waals surface area contributed by atoms with Crippen molar-refractivity contribution in [2.45, 2.75) is 50.9 Å². The van der Waals surface area contributed by atoms with E-state index in [-0.39, 0.29) is 12.5 Å². The number of alkyl halides is 3. The highest BCUT2D eigenvalue weighted by Crippen LogP contribution is 2.44. The lowest BCUT2D eigenvalue weighted by atomic mass is 9.88. The molecule has 1 aliphatic heterocycles. The van der Waals surface area contributed by atoms with Crippen LogP contribution in [0.1, 0.15) is 33.1 Å². The number of hydrogen-bond donors (Lipinski definition) is 2. The van der Waals surface area contributed by atoms with Crippen LogP contribution in [0.25, 0.3) is 0 Å². The minimum Gasteiger partial charge on any atom is -0.336 e. The zero-order valence-corrected chi connectivity index (χ0v) is 10.6. The van der Waals surface area contributed by atoms with Gasteiger partial charge < -0.3 is 4.90 Å². The quantitative estimate of drug-likeness (QED) is 0.327. The molecule has 2 fully saturated rings. The van der Waals surface area contributed by atoms with E-state index in [1.807, 2.05) is 0 Å². The van der Waals surface area contributed by atoms with Crippen LogP contribution in [0.15, 0.2) is 4.99 Å². The van der Waals surface area contributed by atoms with E-state index >= 15 is 0 Å². The van der Waals surface area contributed by atoms with Crippen molar-refractivity contribution >= 4 is 5.96 Å². The molecule has 1 saturated carbocycles. The molecule has 4 nitrogen and oxygen atoms in total. The number of rotatable bonds is 1. The summed E-state index contributed by atoms with van der Waals surface area (Å²) >= 11 is 0. The molecular formula is C11H19F3N4. The van der Waals surface area contributed by atoms with Gasteiger partial charge in [-0.2, -0.15) is 13.2 Å². The maximum atomic E-state index is 13.0. The van der Waals surface area contributed by atoms with Crippen LogP contribution in [0.3, 0.4) is 0 Å². The van der Waals surface area contributed by atoms with Gasteiger partial charge in [0.1, 0.15) is 0 Å². The van der Waals surface area contributed by atoms with Gasteiger partial charge in [0.15, 0.2) is 0 Å². The topological polar surface area (TPSA) is 53.6 Å². The van der Waals surface area contributed by atoms with E-state index in [0.717, 1.165) is 12.8 Å². The maximum Gasteiger partial charge on any atom is 0.394 e. The lowest BCUT2D eigenvalue weighted by Gasteiger charge is -2.38. The molecule has 1 heterocycles. The second-order valence-corrected chi connectivity index (χ2v) is 5.52. The highest BCUT2D eigenvalue weighted by atomic mass is 19.4. The summed E-state index contributed by atoms with van der Waals surface area (Å²) in [7, 11) is 0. The number of hydrazine groups is 1. The minimum absolute atomic E-state index is 0.0852. The van der Waals surface area contributed by atoms with Crippen molar-refractivity contribution < 1.29 is 13.2 Å². The van der Waals surface area contributed by atoms with E-state index in [0.29, 0.717) is 12.5 Å². The fourth-order valence-electron chi connectivity index (χ4n) is 2.59. The summed E-state index contributed by atoms with van der Waals surface area (Å²) in [6, 6.07) is 0.219. The molecule has 1 saturated heterocycles. The summed E-state index contributed by atoms with van der Waals surface area (Å²) in [5.41, 5.74) is 1.44. The fourth-order valence-corrected chi connectivity index (χ4v) is 2.59. The van der Waals surface area contributed by atoms with Crippen LogP contribution in [0.5, 0.6) is 0 Å². The van der Waals surface area contributed by atoms with Crippen LogP contribution in [-0.2, 0) is 0 Å². The largest absolute Gasteiger partial charge is 0.394 e. The van der Waals surface area contributed by atoms with Gasteiger partial charge in [-0.25, -0.2) is 10.8 Å². The molecule has 2 aliphatic rings. The molecule has 1 aliphatic carbocycles. The first-order valence-corrected chi connectivity index (χ1v) is 6.15. The highest BCUT2D eigenvalue weighted by molar-refractivity contribution is 5.81. The van der Waals surface area contributed by atoms with Gasteiger partial charge in [-0.05, 0) is 33.1 Å². The predicted molar refractivity (Wildman–Crippen MR) is 62.7 cm³/mol. The fraction of sp³-hybridized carbons (Fsp3) is 0.909. The van der Waals surface area contributed by atoms with Crippen molar-refractivity contribution in [3.63, 3.8) is 0 Å². The Bertz CT molecular complexity index is 347. The molecule has 3 N–H and O–H groups in total. The van der Waals surface area contributed by atoms with Crippen LogP contribution < -0.4 is 11.3 Å². The van der Waals surface area contributed by atoms with Crippen LogP contribution in [-0.4, -0.2) is 35.2 Å². The zero-order valence-electron chi connectivity index (χ0n) is 10.6. The first-order chi connectivity index (χ1) is 8.26. The first kappa shape index (κ1) is 13.5. The van der Waals surface area contributed by atoms with E-state index in [2.05, 4.69) is 10.4 Å². The minimum atomic E-state index is -4.18. The molecule has 0 amide bonds. The Labute approximate surface area is 104 Å². The Balaban J connectivity index is 2.19. The van der Waals surface area contributed by atoms with E-state index < -0.39 is 17.6 Å².